The van der Waals surface area contributed by atoms with Crippen LogP contribution in [0.2, 0.25) is 10.0 Å². The number of hydrogen-bond acceptors (Lipinski definition) is 5. The molecule has 1 aromatic heterocycles. The minimum absolute atomic E-state index is 0.177. The first-order chi connectivity index (χ1) is 18.9. The average Bonchev–Trinajstić information content (AvgIpc) is 3.18. The van der Waals surface area contributed by atoms with E-state index in [4.69, 9.17) is 32.4 Å². The highest BCUT2D eigenvalue weighted by atomic mass is 35.5. The summed E-state index contributed by atoms with van der Waals surface area (Å²) >= 11 is 12.8. The third kappa shape index (κ3) is 3.89. The van der Waals surface area contributed by atoms with Crippen molar-refractivity contribution >= 4 is 57.1 Å². The highest BCUT2D eigenvalue weighted by Gasteiger charge is 2.52. The van der Waals surface area contributed by atoms with Crippen LogP contribution in [0.3, 0.4) is 0 Å². The number of halogens is 2. The maximum absolute atomic E-state index is 14.0. The second-order valence-corrected chi connectivity index (χ2v) is 11.9. The van der Waals surface area contributed by atoms with Crippen molar-refractivity contribution in [3.63, 3.8) is 0 Å². The average molecular weight is 574 g/mol. The summed E-state index contributed by atoms with van der Waals surface area (Å²) in [5.74, 6) is -0.565. The molecular weight excluding hydrogens is 549 g/mol. The molecule has 202 valence electrons. The van der Waals surface area contributed by atoms with Gasteiger partial charge in [-0.05, 0) is 73.9 Å². The SMILES string of the molecule is COc1cccc2cc(C(=O)/C=C3/C(=O)N4c5c3cc(Cl)cc5C(C)(c3ccc(Cl)cc3)CC4(C)C)c(=O)oc12. The van der Waals surface area contributed by atoms with Gasteiger partial charge in [0.2, 0.25) is 0 Å². The Labute approximate surface area is 240 Å². The number of benzene rings is 3. The van der Waals surface area contributed by atoms with E-state index < -0.39 is 22.4 Å². The van der Waals surface area contributed by atoms with Crippen LogP contribution < -0.4 is 15.3 Å². The van der Waals surface area contributed by atoms with E-state index in [1.165, 1.54) is 19.3 Å². The van der Waals surface area contributed by atoms with E-state index in [0.29, 0.717) is 33.2 Å². The van der Waals surface area contributed by atoms with E-state index in [9.17, 15) is 14.4 Å². The van der Waals surface area contributed by atoms with E-state index in [1.807, 2.05) is 44.2 Å². The summed E-state index contributed by atoms with van der Waals surface area (Å²) in [6.45, 7) is 6.15. The lowest BCUT2D eigenvalue weighted by atomic mass is 9.65. The fourth-order valence-electron chi connectivity index (χ4n) is 6.29. The number of fused-ring (bicyclic) bond motifs is 1. The highest BCUT2D eigenvalue weighted by Crippen LogP contribution is 2.56. The normalized spacial score (nSPS) is 20.2. The first-order valence-corrected chi connectivity index (χ1v) is 13.5. The zero-order valence-electron chi connectivity index (χ0n) is 22.3. The third-order valence-corrected chi connectivity index (χ3v) is 8.44. The summed E-state index contributed by atoms with van der Waals surface area (Å²) < 4.78 is 10.7. The van der Waals surface area contributed by atoms with Crippen LogP contribution in [-0.4, -0.2) is 24.3 Å². The second-order valence-electron chi connectivity index (χ2n) is 11.1. The molecule has 0 bridgehead atoms. The summed E-state index contributed by atoms with van der Waals surface area (Å²) in [6, 6.07) is 17.9. The number of allylic oxidation sites excluding steroid dienone is 1. The second kappa shape index (κ2) is 9.08. The van der Waals surface area contributed by atoms with Crippen LogP contribution in [0, 0.1) is 0 Å². The number of nitrogens with zero attached hydrogens (tertiary/aromatic N) is 1. The molecule has 1 amide bonds. The van der Waals surface area contributed by atoms with Gasteiger partial charge < -0.3 is 14.1 Å². The van der Waals surface area contributed by atoms with Crippen LogP contribution in [0.1, 0.15) is 54.2 Å². The summed E-state index contributed by atoms with van der Waals surface area (Å²) in [5, 5.41) is 1.61. The zero-order chi connectivity index (χ0) is 28.6. The summed E-state index contributed by atoms with van der Waals surface area (Å²) in [4.78, 5) is 42.1. The lowest BCUT2D eigenvalue weighted by molar-refractivity contribution is -0.114. The van der Waals surface area contributed by atoms with Crippen LogP contribution in [0.5, 0.6) is 5.75 Å². The number of methoxy groups -OCH3 is 1. The van der Waals surface area contributed by atoms with Crippen molar-refractivity contribution in [2.45, 2.75) is 38.1 Å². The molecule has 0 aliphatic carbocycles. The van der Waals surface area contributed by atoms with Crippen molar-refractivity contribution in [1.29, 1.82) is 0 Å². The Bertz CT molecular complexity index is 1840. The predicted molar refractivity (Wildman–Crippen MR) is 157 cm³/mol. The Hall–Kier alpha value is -3.87. The largest absolute Gasteiger partial charge is 0.493 e. The van der Waals surface area contributed by atoms with E-state index in [1.54, 1.807) is 29.2 Å². The Morgan fingerprint density at radius 3 is 2.42 bits per heavy atom. The molecule has 6 rings (SSSR count). The molecule has 1 atom stereocenters. The number of carbonyl (C=O) groups is 2. The van der Waals surface area contributed by atoms with Gasteiger partial charge in [-0.1, -0.05) is 54.4 Å². The van der Waals surface area contributed by atoms with Gasteiger partial charge in [0.25, 0.3) is 5.91 Å². The quantitative estimate of drug-likeness (QED) is 0.146. The molecule has 0 radical (unpaired) electrons. The number of ketones is 1. The van der Waals surface area contributed by atoms with E-state index in [-0.39, 0.29) is 22.6 Å². The standard InChI is InChI=1S/C32H25Cl2NO5/c1-31(2)16-32(3,18-8-10-19(33)11-9-18)24-14-20(34)13-21-22(29(37)35(31)27(21)24)15-25(36)23-12-17-6-5-7-26(39-4)28(17)40-30(23)38/h5-15H,16H2,1-4H3/b22-15+. The molecule has 4 aromatic rings. The number of para-hydroxylation sites is 1. The van der Waals surface area contributed by atoms with E-state index in [0.717, 1.165) is 16.8 Å². The summed E-state index contributed by atoms with van der Waals surface area (Å²) in [6.07, 6.45) is 1.83. The highest BCUT2D eigenvalue weighted by molar-refractivity contribution is 6.38. The molecule has 2 aliphatic rings. The molecule has 1 unspecified atom stereocenters. The minimum Gasteiger partial charge on any atom is -0.493 e. The smallest absolute Gasteiger partial charge is 0.347 e. The van der Waals surface area contributed by atoms with Gasteiger partial charge >= 0.3 is 5.63 Å². The molecule has 0 N–H and O–H groups in total. The Kier molecular flexibility index (Phi) is 5.98. The van der Waals surface area contributed by atoms with Gasteiger partial charge in [0.05, 0.1) is 18.4 Å². The molecule has 6 nitrogen and oxygen atoms in total. The Balaban J connectivity index is 1.53. The maximum Gasteiger partial charge on any atom is 0.347 e. The van der Waals surface area contributed by atoms with Gasteiger partial charge in [-0.3, -0.25) is 9.59 Å². The maximum atomic E-state index is 14.0. The Morgan fingerprint density at radius 2 is 1.73 bits per heavy atom. The molecule has 40 heavy (non-hydrogen) atoms. The number of rotatable bonds is 4. The van der Waals surface area contributed by atoms with Crippen molar-refractivity contribution in [3.05, 3.63) is 109 Å². The van der Waals surface area contributed by atoms with Crippen molar-refractivity contribution in [1.82, 2.24) is 0 Å². The topological polar surface area (TPSA) is 76.8 Å². The first kappa shape index (κ1) is 26.4. The number of carbonyl (C=O) groups excluding carboxylic acids is 2. The number of ether oxygens (including phenoxy) is 1. The monoisotopic (exact) mass is 573 g/mol. The lowest BCUT2D eigenvalue weighted by Gasteiger charge is -2.49. The fourth-order valence-corrected chi connectivity index (χ4v) is 6.64. The molecule has 0 fully saturated rings. The molecule has 0 saturated heterocycles. The molecule has 2 aliphatic heterocycles. The third-order valence-electron chi connectivity index (χ3n) is 7.97. The van der Waals surface area contributed by atoms with E-state index in [2.05, 4.69) is 6.92 Å². The number of anilines is 1. The Morgan fingerprint density at radius 1 is 1.00 bits per heavy atom. The molecular formula is C32H25Cl2NO5. The van der Waals surface area contributed by atoms with Crippen LogP contribution >= 0.6 is 23.2 Å². The van der Waals surface area contributed by atoms with Gasteiger partial charge in [-0.2, -0.15) is 0 Å². The fraction of sp³-hybridized carbons (Fsp3) is 0.219. The molecule has 0 saturated carbocycles. The zero-order valence-corrected chi connectivity index (χ0v) is 23.8. The number of hydrogen-bond donors (Lipinski definition) is 0. The van der Waals surface area contributed by atoms with Gasteiger partial charge in [-0.15, -0.1) is 0 Å². The van der Waals surface area contributed by atoms with Crippen molar-refractivity contribution < 1.29 is 18.7 Å². The first-order valence-electron chi connectivity index (χ1n) is 12.8. The van der Waals surface area contributed by atoms with Crippen molar-refractivity contribution in [2.24, 2.45) is 0 Å². The molecule has 3 aromatic carbocycles. The molecule has 0 spiro atoms. The van der Waals surface area contributed by atoms with Gasteiger partial charge in [0.1, 0.15) is 5.56 Å². The summed E-state index contributed by atoms with van der Waals surface area (Å²) in [5.41, 5.74) is 1.56. The van der Waals surface area contributed by atoms with Crippen molar-refractivity contribution in [3.8, 4) is 5.75 Å². The van der Waals surface area contributed by atoms with Crippen LogP contribution in [-0.2, 0) is 10.2 Å². The van der Waals surface area contributed by atoms with Crippen molar-refractivity contribution in [2.75, 3.05) is 12.0 Å². The molecule has 3 heterocycles. The minimum atomic E-state index is -0.812. The van der Waals surface area contributed by atoms with E-state index >= 15 is 0 Å². The van der Waals surface area contributed by atoms with Crippen LogP contribution in [0.15, 0.2) is 76.0 Å². The predicted octanol–water partition coefficient (Wildman–Crippen LogP) is 7.21. The van der Waals surface area contributed by atoms with Gasteiger partial charge in [0.15, 0.2) is 17.1 Å². The van der Waals surface area contributed by atoms with Crippen LogP contribution in [0.4, 0.5) is 5.69 Å². The van der Waals surface area contributed by atoms with Gasteiger partial charge in [0, 0.05) is 31.9 Å². The summed E-state index contributed by atoms with van der Waals surface area (Å²) in [7, 11) is 1.47. The van der Waals surface area contributed by atoms with Crippen LogP contribution in [0.25, 0.3) is 16.5 Å². The molecule has 8 heteroatoms. The lowest BCUT2D eigenvalue weighted by Crippen LogP contribution is -2.54. The van der Waals surface area contributed by atoms with Gasteiger partial charge in [-0.25, -0.2) is 4.79 Å². The number of amides is 1.